The van der Waals surface area contributed by atoms with Crippen LogP contribution in [-0.4, -0.2) is 38.4 Å². The molecule has 2 fully saturated rings. The molecule has 0 aromatic heterocycles. The lowest BCUT2D eigenvalue weighted by atomic mass is 9.85. The second-order valence-corrected chi connectivity index (χ2v) is 6.25. The zero-order valence-corrected chi connectivity index (χ0v) is 12.0. The molecule has 0 bridgehead atoms. The standard InChI is InChI=1S/C15H19NO3S/c17-11-5-1-9(2-6-11)13-14(20)15(19)16(13)10-3-7-12(18)8-4-10/h1-2,5-6,10,12-14,17-18,20H,3-4,7-8H2/t10?,12?,13-,14-/m1/s1. The summed E-state index contributed by atoms with van der Waals surface area (Å²) in [4.78, 5) is 14.0. The van der Waals surface area contributed by atoms with E-state index in [1.54, 1.807) is 12.1 Å². The molecule has 20 heavy (non-hydrogen) atoms. The fourth-order valence-corrected chi connectivity index (χ4v) is 3.70. The van der Waals surface area contributed by atoms with E-state index in [0.29, 0.717) is 0 Å². The summed E-state index contributed by atoms with van der Waals surface area (Å²) < 4.78 is 0. The number of carbonyl (C=O) groups is 1. The van der Waals surface area contributed by atoms with Crippen LogP contribution in [0.2, 0.25) is 0 Å². The Bertz CT molecular complexity index is 496. The number of aromatic hydroxyl groups is 1. The summed E-state index contributed by atoms with van der Waals surface area (Å²) in [5, 5.41) is 18.6. The summed E-state index contributed by atoms with van der Waals surface area (Å²) in [5.41, 5.74) is 1.01. The number of nitrogens with zero attached hydrogens (tertiary/aromatic N) is 1. The third-order valence-corrected chi connectivity index (χ3v) is 4.90. The molecule has 1 saturated carbocycles. The van der Waals surface area contributed by atoms with Gasteiger partial charge in [-0.25, -0.2) is 0 Å². The van der Waals surface area contributed by atoms with Crippen molar-refractivity contribution in [3.05, 3.63) is 29.8 Å². The smallest absolute Gasteiger partial charge is 0.238 e. The molecule has 0 spiro atoms. The predicted molar refractivity (Wildman–Crippen MR) is 78.7 cm³/mol. The number of phenolic OH excluding ortho intramolecular Hbond substituents is 1. The molecule has 1 saturated heterocycles. The zero-order chi connectivity index (χ0) is 14.3. The van der Waals surface area contributed by atoms with E-state index in [0.717, 1.165) is 31.2 Å². The lowest BCUT2D eigenvalue weighted by Crippen LogP contribution is -2.60. The maximum atomic E-state index is 12.1. The van der Waals surface area contributed by atoms with Gasteiger partial charge in [-0.15, -0.1) is 0 Å². The Labute approximate surface area is 123 Å². The first-order valence-corrected chi connectivity index (χ1v) is 7.57. The van der Waals surface area contributed by atoms with E-state index in [4.69, 9.17) is 0 Å². The van der Waals surface area contributed by atoms with E-state index in [-0.39, 0.29) is 35.1 Å². The van der Waals surface area contributed by atoms with E-state index >= 15 is 0 Å². The first-order chi connectivity index (χ1) is 9.58. The van der Waals surface area contributed by atoms with Crippen LogP contribution in [0.4, 0.5) is 0 Å². The molecule has 5 heteroatoms. The summed E-state index contributed by atoms with van der Waals surface area (Å²) >= 11 is 4.41. The maximum absolute atomic E-state index is 12.1. The van der Waals surface area contributed by atoms with E-state index in [1.807, 2.05) is 17.0 Å². The number of aliphatic hydroxyl groups excluding tert-OH is 1. The zero-order valence-electron chi connectivity index (χ0n) is 11.1. The SMILES string of the molecule is O=C1[C@H](S)[C@@H](c2ccc(O)cc2)N1C1CCC(O)CC1. The van der Waals surface area contributed by atoms with Crippen LogP contribution < -0.4 is 0 Å². The molecule has 2 N–H and O–H groups in total. The number of β-lactam (4-membered cyclic amide) rings is 1. The summed E-state index contributed by atoms with van der Waals surface area (Å²) in [6.07, 6.45) is 2.99. The highest BCUT2D eigenvalue weighted by atomic mass is 32.1. The van der Waals surface area contributed by atoms with E-state index in [2.05, 4.69) is 12.6 Å². The van der Waals surface area contributed by atoms with Crippen LogP contribution in [0.15, 0.2) is 24.3 Å². The Morgan fingerprint density at radius 3 is 2.30 bits per heavy atom. The van der Waals surface area contributed by atoms with E-state index in [9.17, 15) is 15.0 Å². The normalized spacial score (nSPS) is 33.9. The highest BCUT2D eigenvalue weighted by Crippen LogP contribution is 2.43. The summed E-state index contributed by atoms with van der Waals surface area (Å²) in [7, 11) is 0. The van der Waals surface area contributed by atoms with Gasteiger partial charge in [0.25, 0.3) is 0 Å². The molecule has 1 aromatic carbocycles. The number of carbonyl (C=O) groups excluding carboxylic acids is 1. The van der Waals surface area contributed by atoms with Gasteiger partial charge in [-0.2, -0.15) is 12.6 Å². The summed E-state index contributed by atoms with van der Waals surface area (Å²) in [6.45, 7) is 0. The van der Waals surface area contributed by atoms with Crippen molar-refractivity contribution < 1.29 is 15.0 Å². The Morgan fingerprint density at radius 2 is 1.70 bits per heavy atom. The number of amides is 1. The number of benzene rings is 1. The van der Waals surface area contributed by atoms with Gasteiger partial charge >= 0.3 is 0 Å². The quantitative estimate of drug-likeness (QED) is 0.576. The minimum absolute atomic E-state index is 0.0216. The number of likely N-dealkylation sites (tertiary alicyclic amines) is 1. The number of rotatable bonds is 2. The van der Waals surface area contributed by atoms with Crippen molar-refractivity contribution in [1.29, 1.82) is 0 Å². The van der Waals surface area contributed by atoms with Crippen molar-refractivity contribution in [2.45, 2.75) is 49.1 Å². The molecule has 1 heterocycles. The molecule has 1 amide bonds. The number of phenols is 1. The number of hydrogen-bond acceptors (Lipinski definition) is 4. The van der Waals surface area contributed by atoms with Gasteiger partial charge in [-0.3, -0.25) is 4.79 Å². The van der Waals surface area contributed by atoms with Crippen LogP contribution in [0.3, 0.4) is 0 Å². The van der Waals surface area contributed by atoms with Crippen LogP contribution >= 0.6 is 12.6 Å². The third-order valence-electron chi connectivity index (χ3n) is 4.40. The van der Waals surface area contributed by atoms with Crippen LogP contribution in [0.5, 0.6) is 5.75 Å². The van der Waals surface area contributed by atoms with Crippen LogP contribution in [-0.2, 0) is 4.79 Å². The lowest BCUT2D eigenvalue weighted by Gasteiger charge is -2.51. The molecule has 4 nitrogen and oxygen atoms in total. The van der Waals surface area contributed by atoms with Gasteiger partial charge < -0.3 is 15.1 Å². The first-order valence-electron chi connectivity index (χ1n) is 7.05. The molecule has 108 valence electrons. The first kappa shape index (κ1) is 13.8. The van der Waals surface area contributed by atoms with Crippen molar-refractivity contribution in [3.8, 4) is 5.75 Å². The van der Waals surface area contributed by atoms with Crippen LogP contribution in [0.1, 0.15) is 37.3 Å². The highest BCUT2D eigenvalue weighted by Gasteiger charge is 2.49. The number of thiol groups is 1. The molecular formula is C15H19NO3S. The molecule has 1 aromatic rings. The molecular weight excluding hydrogens is 274 g/mol. The summed E-state index contributed by atoms with van der Waals surface area (Å²) in [6, 6.07) is 7.16. The van der Waals surface area contributed by atoms with Crippen molar-refractivity contribution in [3.63, 3.8) is 0 Å². The van der Waals surface area contributed by atoms with Gasteiger partial charge in [-0.1, -0.05) is 12.1 Å². The lowest BCUT2D eigenvalue weighted by molar-refractivity contribution is -0.150. The van der Waals surface area contributed by atoms with Crippen LogP contribution in [0.25, 0.3) is 0 Å². The molecule has 0 radical (unpaired) electrons. The Morgan fingerprint density at radius 1 is 1.10 bits per heavy atom. The minimum Gasteiger partial charge on any atom is -0.508 e. The Balaban J connectivity index is 1.79. The van der Waals surface area contributed by atoms with Crippen molar-refractivity contribution in [2.24, 2.45) is 0 Å². The van der Waals surface area contributed by atoms with Gasteiger partial charge in [0.15, 0.2) is 0 Å². The highest BCUT2D eigenvalue weighted by molar-refractivity contribution is 7.82. The topological polar surface area (TPSA) is 60.8 Å². The molecule has 1 aliphatic heterocycles. The van der Waals surface area contributed by atoms with E-state index in [1.165, 1.54) is 0 Å². The number of aliphatic hydroxyl groups is 1. The molecule has 0 unspecified atom stereocenters. The maximum Gasteiger partial charge on any atom is 0.238 e. The third kappa shape index (κ3) is 2.29. The van der Waals surface area contributed by atoms with Gasteiger partial charge in [-0.05, 0) is 43.4 Å². The van der Waals surface area contributed by atoms with Crippen molar-refractivity contribution in [2.75, 3.05) is 0 Å². The average molecular weight is 293 g/mol. The molecule has 2 atom stereocenters. The second-order valence-electron chi connectivity index (χ2n) is 5.69. The second kappa shape index (κ2) is 5.30. The molecule has 3 rings (SSSR count). The minimum atomic E-state index is -0.300. The predicted octanol–water partition coefficient (Wildman–Crippen LogP) is 1.88. The monoisotopic (exact) mass is 293 g/mol. The van der Waals surface area contributed by atoms with Gasteiger partial charge in [0.05, 0.1) is 12.1 Å². The van der Waals surface area contributed by atoms with Crippen LogP contribution in [0, 0.1) is 0 Å². The number of hydrogen-bond donors (Lipinski definition) is 3. The largest absolute Gasteiger partial charge is 0.508 e. The summed E-state index contributed by atoms with van der Waals surface area (Å²) in [5.74, 6) is 0.301. The Kier molecular flexibility index (Phi) is 3.65. The van der Waals surface area contributed by atoms with Gasteiger partial charge in [0, 0.05) is 6.04 Å². The van der Waals surface area contributed by atoms with Gasteiger partial charge in [0.1, 0.15) is 11.0 Å². The van der Waals surface area contributed by atoms with Gasteiger partial charge in [0.2, 0.25) is 5.91 Å². The van der Waals surface area contributed by atoms with Crippen molar-refractivity contribution >= 4 is 18.5 Å². The Hall–Kier alpha value is -1.20. The molecule has 2 aliphatic rings. The van der Waals surface area contributed by atoms with Crippen molar-refractivity contribution in [1.82, 2.24) is 4.90 Å². The fraction of sp³-hybridized carbons (Fsp3) is 0.533. The molecule has 1 aliphatic carbocycles. The fourth-order valence-electron chi connectivity index (χ4n) is 3.25. The average Bonchev–Trinajstić information content (AvgIpc) is 2.46. The van der Waals surface area contributed by atoms with E-state index < -0.39 is 0 Å².